The number of nitrogens with one attached hydrogen (secondary N) is 1. The van der Waals surface area contributed by atoms with Crippen LogP contribution in [0.2, 0.25) is 10.0 Å². The molecule has 0 aliphatic carbocycles. The van der Waals surface area contributed by atoms with Crippen molar-refractivity contribution in [3.63, 3.8) is 0 Å². The summed E-state index contributed by atoms with van der Waals surface area (Å²) in [5, 5.41) is 4.15. The molecule has 1 unspecified atom stereocenters. The standard InChI is InChI=1S/C21H23Cl2NO/c1-4-17(19-10-20(22)12-21(23)11-19)7-5-16-6-8-18(14(2)9-16)13-24-15(3)25/h5-12,17H,4,13H2,1-3H3,(H,24,25)/b7-5+. The molecule has 0 aromatic heterocycles. The number of carbonyl (C=O) groups excluding carboxylic acids is 1. The van der Waals surface area contributed by atoms with Crippen LogP contribution < -0.4 is 5.32 Å². The lowest BCUT2D eigenvalue weighted by Crippen LogP contribution is -2.19. The van der Waals surface area contributed by atoms with Gasteiger partial charge in [-0.05, 0) is 53.8 Å². The predicted octanol–water partition coefficient (Wildman–Crippen LogP) is 6.14. The third kappa shape index (κ3) is 5.91. The first-order chi connectivity index (χ1) is 11.9. The molecule has 25 heavy (non-hydrogen) atoms. The second-order valence-corrected chi connectivity index (χ2v) is 7.05. The number of aryl methyl sites for hydroxylation is 1. The number of benzene rings is 2. The Kier molecular flexibility index (Phi) is 7.10. The van der Waals surface area contributed by atoms with E-state index in [-0.39, 0.29) is 11.8 Å². The van der Waals surface area contributed by atoms with Gasteiger partial charge in [0, 0.05) is 29.4 Å². The molecule has 2 aromatic rings. The van der Waals surface area contributed by atoms with Gasteiger partial charge in [0.2, 0.25) is 5.91 Å². The maximum Gasteiger partial charge on any atom is 0.217 e. The molecule has 0 saturated heterocycles. The van der Waals surface area contributed by atoms with Gasteiger partial charge in [-0.2, -0.15) is 0 Å². The zero-order chi connectivity index (χ0) is 18.4. The van der Waals surface area contributed by atoms with Crippen molar-refractivity contribution in [3.8, 4) is 0 Å². The Balaban J connectivity index is 2.16. The first kappa shape index (κ1) is 19.6. The molecule has 1 amide bonds. The van der Waals surface area contributed by atoms with Gasteiger partial charge in [-0.25, -0.2) is 0 Å². The number of hydrogen-bond donors (Lipinski definition) is 1. The summed E-state index contributed by atoms with van der Waals surface area (Å²) in [4.78, 5) is 11.0. The Morgan fingerprint density at radius 3 is 2.40 bits per heavy atom. The minimum absolute atomic E-state index is 0.0191. The highest BCUT2D eigenvalue weighted by Gasteiger charge is 2.08. The van der Waals surface area contributed by atoms with Crippen molar-refractivity contribution in [3.05, 3.63) is 74.8 Å². The van der Waals surface area contributed by atoms with Crippen LogP contribution in [0.4, 0.5) is 0 Å². The minimum atomic E-state index is -0.0191. The Morgan fingerprint density at radius 2 is 1.84 bits per heavy atom. The highest BCUT2D eigenvalue weighted by atomic mass is 35.5. The van der Waals surface area contributed by atoms with E-state index in [9.17, 15) is 4.79 Å². The minimum Gasteiger partial charge on any atom is -0.352 e. The summed E-state index contributed by atoms with van der Waals surface area (Å²) in [6, 6.07) is 11.9. The van der Waals surface area contributed by atoms with Crippen LogP contribution in [0.25, 0.3) is 6.08 Å². The summed E-state index contributed by atoms with van der Waals surface area (Å²) in [5.41, 5.74) is 4.54. The zero-order valence-corrected chi connectivity index (χ0v) is 16.3. The molecule has 0 fully saturated rings. The largest absolute Gasteiger partial charge is 0.352 e. The number of hydrogen-bond acceptors (Lipinski definition) is 1. The Labute approximate surface area is 159 Å². The quantitative estimate of drug-likeness (QED) is 0.644. The number of rotatable bonds is 6. The summed E-state index contributed by atoms with van der Waals surface area (Å²) in [6.07, 6.45) is 5.27. The van der Waals surface area contributed by atoms with Crippen LogP contribution in [0.3, 0.4) is 0 Å². The molecule has 0 aliphatic rings. The van der Waals surface area contributed by atoms with Gasteiger partial charge in [-0.15, -0.1) is 0 Å². The van der Waals surface area contributed by atoms with Crippen LogP contribution in [0.15, 0.2) is 42.5 Å². The molecule has 0 radical (unpaired) electrons. The Bertz CT molecular complexity index is 763. The van der Waals surface area contributed by atoms with Crippen molar-refractivity contribution >= 4 is 35.2 Å². The first-order valence-electron chi connectivity index (χ1n) is 8.37. The molecule has 4 heteroatoms. The van der Waals surface area contributed by atoms with Crippen LogP contribution in [-0.4, -0.2) is 5.91 Å². The molecule has 0 heterocycles. The fourth-order valence-corrected chi connectivity index (χ4v) is 3.28. The Morgan fingerprint density at radius 1 is 1.16 bits per heavy atom. The van der Waals surface area contributed by atoms with Crippen LogP contribution in [-0.2, 0) is 11.3 Å². The number of amides is 1. The van der Waals surface area contributed by atoms with Crippen LogP contribution >= 0.6 is 23.2 Å². The molecular formula is C21H23Cl2NO. The summed E-state index contributed by atoms with van der Waals surface area (Å²) < 4.78 is 0. The van der Waals surface area contributed by atoms with Crippen molar-refractivity contribution in [2.24, 2.45) is 0 Å². The van der Waals surface area contributed by atoms with Crippen LogP contribution in [0.5, 0.6) is 0 Å². The molecular weight excluding hydrogens is 353 g/mol. The van der Waals surface area contributed by atoms with Crippen LogP contribution in [0, 0.1) is 6.92 Å². The van der Waals surface area contributed by atoms with E-state index < -0.39 is 0 Å². The second-order valence-electron chi connectivity index (χ2n) is 6.17. The molecule has 2 nitrogen and oxygen atoms in total. The van der Waals surface area contributed by atoms with Crippen LogP contribution in [0.1, 0.15) is 48.4 Å². The average Bonchev–Trinajstić information content (AvgIpc) is 2.53. The molecule has 0 saturated carbocycles. The number of carbonyl (C=O) groups is 1. The van der Waals surface area contributed by atoms with Gasteiger partial charge in [-0.1, -0.05) is 60.5 Å². The fraction of sp³-hybridized carbons (Fsp3) is 0.286. The zero-order valence-electron chi connectivity index (χ0n) is 14.8. The maximum atomic E-state index is 11.0. The molecule has 132 valence electrons. The maximum absolute atomic E-state index is 11.0. The second kappa shape index (κ2) is 9.07. The fourth-order valence-electron chi connectivity index (χ4n) is 2.74. The lowest BCUT2D eigenvalue weighted by atomic mass is 9.95. The van der Waals surface area contributed by atoms with Gasteiger partial charge < -0.3 is 5.32 Å². The highest BCUT2D eigenvalue weighted by molar-refractivity contribution is 6.34. The molecule has 2 aromatic carbocycles. The first-order valence-corrected chi connectivity index (χ1v) is 9.12. The summed E-state index contributed by atoms with van der Waals surface area (Å²) in [5.74, 6) is 0.241. The number of allylic oxidation sites excluding steroid dienone is 1. The van der Waals surface area contributed by atoms with Crippen molar-refractivity contribution < 1.29 is 4.79 Å². The van der Waals surface area contributed by atoms with Gasteiger partial charge in [0.05, 0.1) is 0 Å². The monoisotopic (exact) mass is 375 g/mol. The van der Waals surface area contributed by atoms with E-state index in [4.69, 9.17) is 23.2 Å². The Hall–Kier alpha value is -1.77. The number of halogens is 2. The summed E-state index contributed by atoms with van der Waals surface area (Å²) in [7, 11) is 0. The molecule has 2 rings (SSSR count). The smallest absolute Gasteiger partial charge is 0.217 e. The topological polar surface area (TPSA) is 29.1 Å². The predicted molar refractivity (Wildman–Crippen MR) is 107 cm³/mol. The normalized spacial score (nSPS) is 12.4. The lowest BCUT2D eigenvalue weighted by Gasteiger charge is -2.12. The van der Waals surface area contributed by atoms with Gasteiger partial charge >= 0.3 is 0 Å². The van der Waals surface area contributed by atoms with E-state index in [1.165, 1.54) is 6.92 Å². The van der Waals surface area contributed by atoms with Crippen molar-refractivity contribution in [2.45, 2.75) is 39.7 Å². The van der Waals surface area contributed by atoms with Crippen molar-refractivity contribution in [2.75, 3.05) is 0 Å². The summed E-state index contributed by atoms with van der Waals surface area (Å²) >= 11 is 12.2. The molecule has 1 N–H and O–H groups in total. The van der Waals surface area contributed by atoms with E-state index in [1.807, 2.05) is 12.1 Å². The van der Waals surface area contributed by atoms with Gasteiger partial charge in [0.1, 0.15) is 0 Å². The van der Waals surface area contributed by atoms with E-state index in [1.54, 1.807) is 6.07 Å². The highest BCUT2D eigenvalue weighted by Crippen LogP contribution is 2.28. The lowest BCUT2D eigenvalue weighted by molar-refractivity contribution is -0.119. The van der Waals surface area contributed by atoms with E-state index in [2.05, 4.69) is 49.5 Å². The summed E-state index contributed by atoms with van der Waals surface area (Å²) in [6.45, 7) is 6.29. The molecule has 0 bridgehead atoms. The average molecular weight is 376 g/mol. The van der Waals surface area contributed by atoms with E-state index in [0.717, 1.165) is 28.7 Å². The van der Waals surface area contributed by atoms with Gasteiger partial charge in [-0.3, -0.25) is 4.79 Å². The van der Waals surface area contributed by atoms with E-state index in [0.29, 0.717) is 16.6 Å². The third-order valence-electron chi connectivity index (χ3n) is 4.17. The molecule has 0 spiro atoms. The van der Waals surface area contributed by atoms with Gasteiger partial charge in [0.25, 0.3) is 0 Å². The molecule has 0 aliphatic heterocycles. The SMILES string of the molecule is CCC(/C=C/c1ccc(CNC(C)=O)c(C)c1)c1cc(Cl)cc(Cl)c1. The van der Waals surface area contributed by atoms with E-state index >= 15 is 0 Å². The van der Waals surface area contributed by atoms with Crippen molar-refractivity contribution in [1.29, 1.82) is 0 Å². The molecule has 1 atom stereocenters. The third-order valence-corrected chi connectivity index (χ3v) is 4.60. The van der Waals surface area contributed by atoms with Gasteiger partial charge in [0.15, 0.2) is 0 Å². The van der Waals surface area contributed by atoms with Crippen molar-refractivity contribution in [1.82, 2.24) is 5.32 Å².